The van der Waals surface area contributed by atoms with Gasteiger partial charge in [-0.3, -0.25) is 0 Å². The van der Waals surface area contributed by atoms with E-state index in [-0.39, 0.29) is 10.7 Å². The maximum atomic E-state index is 11.4. The third kappa shape index (κ3) is 2.00. The normalized spacial score (nSPS) is 32.6. The van der Waals surface area contributed by atoms with E-state index in [1.807, 2.05) is 6.92 Å². The molecule has 1 saturated heterocycles. The Bertz CT molecular complexity index is 252. The van der Waals surface area contributed by atoms with Crippen molar-refractivity contribution in [3.05, 3.63) is 0 Å². The Labute approximate surface area is 82.3 Å². The monoisotopic (exact) mass is 255 g/mol. The van der Waals surface area contributed by atoms with Crippen molar-refractivity contribution in [2.45, 2.75) is 26.3 Å². The summed E-state index contributed by atoms with van der Waals surface area (Å²) in [6, 6.07) is 0.169. The standard InChI is InChI=1S/C7H14BrNO2S/c1-6-3-7(2)9(4-6)12(10,11)5-8/h6-7H,3-5H2,1-2H3. The molecule has 0 radical (unpaired) electrons. The summed E-state index contributed by atoms with van der Waals surface area (Å²) < 4.78 is 24.5. The first-order valence-electron chi connectivity index (χ1n) is 4.03. The minimum absolute atomic E-state index is 0.0387. The number of nitrogens with zero attached hydrogens (tertiary/aromatic N) is 1. The lowest BCUT2D eigenvalue weighted by Crippen LogP contribution is -2.34. The highest BCUT2D eigenvalue weighted by Gasteiger charge is 2.33. The van der Waals surface area contributed by atoms with E-state index in [9.17, 15) is 8.42 Å². The zero-order valence-corrected chi connectivity index (χ0v) is 9.73. The molecule has 1 rings (SSSR count). The molecule has 1 aliphatic rings. The van der Waals surface area contributed by atoms with Crippen LogP contribution in [0, 0.1) is 5.92 Å². The summed E-state index contributed by atoms with van der Waals surface area (Å²) in [6.45, 7) is 4.72. The molecule has 0 saturated carbocycles. The van der Waals surface area contributed by atoms with E-state index >= 15 is 0 Å². The van der Waals surface area contributed by atoms with Gasteiger partial charge in [0.1, 0.15) is 4.66 Å². The first-order chi connectivity index (χ1) is 5.47. The summed E-state index contributed by atoms with van der Waals surface area (Å²) in [5.74, 6) is 0.494. The second kappa shape index (κ2) is 3.64. The number of halogens is 1. The van der Waals surface area contributed by atoms with Gasteiger partial charge in [0.05, 0.1) is 0 Å². The molecule has 2 unspecified atom stereocenters. The molecule has 0 aromatic rings. The van der Waals surface area contributed by atoms with Crippen molar-refractivity contribution in [2.75, 3.05) is 11.2 Å². The molecule has 1 aliphatic heterocycles. The lowest BCUT2D eigenvalue weighted by atomic mass is 10.1. The first-order valence-corrected chi connectivity index (χ1v) is 6.76. The van der Waals surface area contributed by atoms with Gasteiger partial charge in [0.2, 0.25) is 10.0 Å². The van der Waals surface area contributed by atoms with Gasteiger partial charge in [-0.1, -0.05) is 22.9 Å². The van der Waals surface area contributed by atoms with Gasteiger partial charge in [0.25, 0.3) is 0 Å². The van der Waals surface area contributed by atoms with Crippen LogP contribution in [0.2, 0.25) is 0 Å². The Morgan fingerprint density at radius 3 is 2.42 bits per heavy atom. The van der Waals surface area contributed by atoms with Gasteiger partial charge in [-0.25, -0.2) is 8.42 Å². The zero-order valence-electron chi connectivity index (χ0n) is 7.33. The fourth-order valence-corrected chi connectivity index (χ4v) is 3.74. The van der Waals surface area contributed by atoms with Crippen LogP contribution < -0.4 is 0 Å². The van der Waals surface area contributed by atoms with Crippen LogP contribution in [-0.4, -0.2) is 30.0 Å². The van der Waals surface area contributed by atoms with E-state index in [1.165, 1.54) is 0 Å². The predicted molar refractivity (Wildman–Crippen MR) is 52.7 cm³/mol. The van der Waals surface area contributed by atoms with Crippen molar-refractivity contribution in [3.8, 4) is 0 Å². The van der Waals surface area contributed by atoms with Crippen LogP contribution in [-0.2, 0) is 10.0 Å². The van der Waals surface area contributed by atoms with Gasteiger partial charge in [-0.15, -0.1) is 0 Å². The highest BCUT2D eigenvalue weighted by molar-refractivity contribution is 9.10. The van der Waals surface area contributed by atoms with E-state index in [0.29, 0.717) is 12.5 Å². The van der Waals surface area contributed by atoms with E-state index < -0.39 is 10.0 Å². The van der Waals surface area contributed by atoms with Crippen LogP contribution >= 0.6 is 15.9 Å². The predicted octanol–water partition coefficient (Wildman–Crippen LogP) is 1.40. The lowest BCUT2D eigenvalue weighted by molar-refractivity contribution is 0.409. The third-order valence-corrected chi connectivity index (χ3v) is 5.46. The zero-order chi connectivity index (χ0) is 9.35. The summed E-state index contributed by atoms with van der Waals surface area (Å²) >= 11 is 3.00. The van der Waals surface area contributed by atoms with E-state index in [2.05, 4.69) is 22.9 Å². The molecule has 1 fully saturated rings. The maximum Gasteiger partial charge on any atom is 0.224 e. The number of alkyl halides is 1. The molecule has 0 amide bonds. The summed E-state index contributed by atoms with van der Waals surface area (Å²) in [7, 11) is -3.03. The van der Waals surface area contributed by atoms with Crippen molar-refractivity contribution >= 4 is 26.0 Å². The highest BCUT2D eigenvalue weighted by Crippen LogP contribution is 2.25. The smallest absolute Gasteiger partial charge is 0.211 e. The highest BCUT2D eigenvalue weighted by atomic mass is 79.9. The van der Waals surface area contributed by atoms with E-state index in [0.717, 1.165) is 6.42 Å². The lowest BCUT2D eigenvalue weighted by Gasteiger charge is -2.18. The molecule has 72 valence electrons. The Hall–Kier alpha value is 0.390. The maximum absolute atomic E-state index is 11.4. The molecule has 0 bridgehead atoms. The molecule has 0 aromatic heterocycles. The second-order valence-electron chi connectivity index (χ2n) is 3.48. The molecular formula is C7H14BrNO2S. The molecule has 0 aliphatic carbocycles. The van der Waals surface area contributed by atoms with Crippen molar-refractivity contribution in [1.82, 2.24) is 4.31 Å². The van der Waals surface area contributed by atoms with E-state index in [1.54, 1.807) is 4.31 Å². The Balaban J connectivity index is 2.77. The average molecular weight is 256 g/mol. The molecule has 5 heteroatoms. The molecule has 0 spiro atoms. The summed E-state index contributed by atoms with van der Waals surface area (Å²) in [4.78, 5) is 0. The van der Waals surface area contributed by atoms with Gasteiger partial charge < -0.3 is 0 Å². The quantitative estimate of drug-likeness (QED) is 0.700. The van der Waals surface area contributed by atoms with Gasteiger partial charge in [-0.2, -0.15) is 4.31 Å². The second-order valence-corrected chi connectivity index (χ2v) is 6.71. The molecule has 2 atom stereocenters. The SMILES string of the molecule is CC1CC(C)N(S(=O)(=O)CBr)C1. The molecule has 1 heterocycles. The van der Waals surface area contributed by atoms with Crippen LogP contribution in [0.1, 0.15) is 20.3 Å². The van der Waals surface area contributed by atoms with Crippen LogP contribution in [0.3, 0.4) is 0 Å². The minimum Gasteiger partial charge on any atom is -0.211 e. The largest absolute Gasteiger partial charge is 0.224 e. The fraction of sp³-hybridized carbons (Fsp3) is 1.00. The van der Waals surface area contributed by atoms with Crippen molar-refractivity contribution in [3.63, 3.8) is 0 Å². The van der Waals surface area contributed by atoms with Gasteiger partial charge in [-0.05, 0) is 19.3 Å². The van der Waals surface area contributed by atoms with Crippen LogP contribution in [0.4, 0.5) is 0 Å². The van der Waals surface area contributed by atoms with Crippen LogP contribution in [0.15, 0.2) is 0 Å². The van der Waals surface area contributed by atoms with Crippen LogP contribution in [0.25, 0.3) is 0 Å². The molecular weight excluding hydrogens is 242 g/mol. The van der Waals surface area contributed by atoms with Gasteiger partial charge in [0.15, 0.2) is 0 Å². The number of hydrogen-bond donors (Lipinski definition) is 0. The molecule has 0 N–H and O–H groups in total. The summed E-state index contributed by atoms with van der Waals surface area (Å²) in [5.41, 5.74) is 0. The topological polar surface area (TPSA) is 37.4 Å². The first kappa shape index (κ1) is 10.5. The molecule has 0 aromatic carbocycles. The average Bonchev–Trinajstić information content (AvgIpc) is 2.31. The number of rotatable bonds is 2. The minimum atomic E-state index is -3.03. The van der Waals surface area contributed by atoms with E-state index in [4.69, 9.17) is 0 Å². The van der Waals surface area contributed by atoms with Crippen molar-refractivity contribution < 1.29 is 8.42 Å². The van der Waals surface area contributed by atoms with Gasteiger partial charge in [0, 0.05) is 12.6 Å². The van der Waals surface area contributed by atoms with Crippen molar-refractivity contribution in [1.29, 1.82) is 0 Å². The Morgan fingerprint density at radius 1 is 1.50 bits per heavy atom. The Kier molecular flexibility index (Phi) is 3.17. The van der Waals surface area contributed by atoms with Crippen molar-refractivity contribution in [2.24, 2.45) is 5.92 Å². The number of sulfonamides is 1. The van der Waals surface area contributed by atoms with Gasteiger partial charge >= 0.3 is 0 Å². The molecule has 12 heavy (non-hydrogen) atoms. The van der Waals surface area contributed by atoms with Crippen LogP contribution in [0.5, 0.6) is 0 Å². The Morgan fingerprint density at radius 2 is 2.08 bits per heavy atom. The third-order valence-electron chi connectivity index (χ3n) is 2.22. The fourth-order valence-electron chi connectivity index (χ4n) is 1.71. The summed E-state index contributed by atoms with van der Waals surface area (Å²) in [5, 5.41) is 0. The summed E-state index contributed by atoms with van der Waals surface area (Å²) in [6.07, 6.45) is 0.978. The number of hydrogen-bond acceptors (Lipinski definition) is 2. The molecule has 3 nitrogen and oxygen atoms in total.